The second kappa shape index (κ2) is 14.6. The number of nitrogens with zero attached hydrogens (tertiary/aromatic N) is 2. The minimum Gasteiger partial charge on any atom is -0.497 e. The zero-order valence-electron chi connectivity index (χ0n) is 23.5. The van der Waals surface area contributed by atoms with Crippen LogP contribution in [0.5, 0.6) is 5.75 Å². The molecule has 0 spiro atoms. The summed E-state index contributed by atoms with van der Waals surface area (Å²) in [5.41, 5.74) is 0.796. The number of hydrogen-bond acceptors (Lipinski definition) is 5. The molecule has 0 heterocycles. The maximum Gasteiger partial charge on any atom is 0.264 e. The van der Waals surface area contributed by atoms with Gasteiger partial charge in [-0.25, -0.2) is 8.42 Å². The van der Waals surface area contributed by atoms with Gasteiger partial charge < -0.3 is 15.0 Å². The minimum absolute atomic E-state index is 0.0212. The van der Waals surface area contributed by atoms with E-state index in [1.807, 2.05) is 20.8 Å². The van der Waals surface area contributed by atoms with E-state index in [0.29, 0.717) is 18.6 Å². The average Bonchev–Trinajstić information content (AvgIpc) is 2.97. The van der Waals surface area contributed by atoms with Crippen LogP contribution < -0.4 is 14.4 Å². The summed E-state index contributed by atoms with van der Waals surface area (Å²) in [4.78, 5) is 28.9. The van der Waals surface area contributed by atoms with Gasteiger partial charge in [0, 0.05) is 17.6 Å². The highest BCUT2D eigenvalue weighted by Gasteiger charge is 2.34. The third kappa shape index (κ3) is 8.15. The molecule has 0 radical (unpaired) electrons. The maximum absolute atomic E-state index is 14.1. The Hall–Kier alpha value is -3.27. The first kappa shape index (κ1) is 32.2. The summed E-state index contributed by atoms with van der Waals surface area (Å²) in [6.07, 6.45) is 1.03. The van der Waals surface area contributed by atoms with Crippen molar-refractivity contribution in [2.45, 2.75) is 57.1 Å². The topological polar surface area (TPSA) is 96.0 Å². The zero-order valence-corrected chi connectivity index (χ0v) is 25.8. The van der Waals surface area contributed by atoms with Gasteiger partial charge in [0.15, 0.2) is 0 Å². The van der Waals surface area contributed by atoms with Gasteiger partial charge in [-0.3, -0.25) is 13.9 Å². The third-order valence-corrected chi connectivity index (χ3v) is 9.01. The van der Waals surface area contributed by atoms with Gasteiger partial charge in [0.1, 0.15) is 18.3 Å². The highest BCUT2D eigenvalue weighted by Crippen LogP contribution is 2.33. The predicted molar refractivity (Wildman–Crippen MR) is 163 cm³/mol. The number of carbonyl (C=O) groups excluding carboxylic acids is 2. The number of benzene rings is 3. The number of halogens is 2. The number of nitrogens with one attached hydrogen (secondary N) is 1. The van der Waals surface area contributed by atoms with Crippen LogP contribution in [-0.2, 0) is 26.2 Å². The molecular weight excluding hydrogens is 585 g/mol. The molecule has 2 atom stereocenters. The van der Waals surface area contributed by atoms with Gasteiger partial charge in [-0.15, -0.1) is 0 Å². The molecular formula is C30H35Cl2N3O5S. The van der Waals surface area contributed by atoms with E-state index in [-0.39, 0.29) is 39.1 Å². The molecule has 0 aliphatic heterocycles. The Morgan fingerprint density at radius 3 is 2.20 bits per heavy atom. The molecule has 220 valence electrons. The van der Waals surface area contributed by atoms with E-state index in [4.69, 9.17) is 27.9 Å². The van der Waals surface area contributed by atoms with Crippen molar-refractivity contribution in [2.75, 3.05) is 18.0 Å². The zero-order chi connectivity index (χ0) is 30.2. The molecule has 1 N–H and O–H groups in total. The van der Waals surface area contributed by atoms with Crippen LogP contribution in [0.25, 0.3) is 0 Å². The number of methoxy groups -OCH3 is 1. The van der Waals surface area contributed by atoms with Crippen molar-refractivity contribution in [3.05, 3.63) is 88.4 Å². The van der Waals surface area contributed by atoms with Gasteiger partial charge in [-0.05, 0) is 67.8 Å². The number of amides is 2. The summed E-state index contributed by atoms with van der Waals surface area (Å²) < 4.78 is 34.0. The highest BCUT2D eigenvalue weighted by molar-refractivity contribution is 7.92. The number of sulfonamides is 1. The van der Waals surface area contributed by atoms with Crippen molar-refractivity contribution < 1.29 is 22.7 Å². The molecule has 0 saturated carbocycles. The highest BCUT2D eigenvalue weighted by atomic mass is 35.5. The predicted octanol–water partition coefficient (Wildman–Crippen LogP) is 5.92. The molecule has 3 aromatic carbocycles. The van der Waals surface area contributed by atoms with Crippen LogP contribution in [0, 0.1) is 0 Å². The van der Waals surface area contributed by atoms with Crippen LogP contribution in [0.1, 0.15) is 39.2 Å². The molecule has 41 heavy (non-hydrogen) atoms. The average molecular weight is 621 g/mol. The maximum atomic E-state index is 14.1. The lowest BCUT2D eigenvalue weighted by Crippen LogP contribution is -2.53. The second-order valence-electron chi connectivity index (χ2n) is 9.53. The molecule has 0 aliphatic carbocycles. The lowest BCUT2D eigenvalue weighted by atomic mass is 10.1. The van der Waals surface area contributed by atoms with E-state index in [2.05, 4.69) is 5.32 Å². The van der Waals surface area contributed by atoms with Gasteiger partial charge in [-0.2, -0.15) is 0 Å². The standard InChI is InChI=1S/C30H35Cl2N3O5S/c1-5-21(3)33-30(37)27(6-2)34(19-22-12-15-24(40-4)16-13-22)29(36)20-35(28-18-23(31)14-17-26(28)32)41(38,39)25-10-8-7-9-11-25/h7-18,21,27H,5-6,19-20H2,1-4H3,(H,33,37)/t21-,27-/m0/s1. The summed E-state index contributed by atoms with van der Waals surface area (Å²) in [6, 6.07) is 18.3. The van der Waals surface area contributed by atoms with Crippen molar-refractivity contribution in [1.29, 1.82) is 0 Å². The van der Waals surface area contributed by atoms with Gasteiger partial charge >= 0.3 is 0 Å². The fraction of sp³-hybridized carbons (Fsp3) is 0.333. The van der Waals surface area contributed by atoms with E-state index in [1.165, 1.54) is 35.2 Å². The smallest absolute Gasteiger partial charge is 0.264 e. The Labute approximate surface area is 252 Å². The first-order chi connectivity index (χ1) is 19.5. The van der Waals surface area contributed by atoms with Crippen molar-refractivity contribution >= 4 is 50.7 Å². The van der Waals surface area contributed by atoms with Crippen LogP contribution in [0.15, 0.2) is 77.7 Å². The molecule has 0 fully saturated rings. The summed E-state index contributed by atoms with van der Waals surface area (Å²) in [7, 11) is -2.70. The first-order valence-electron chi connectivity index (χ1n) is 13.3. The largest absolute Gasteiger partial charge is 0.497 e. The summed E-state index contributed by atoms with van der Waals surface area (Å²) in [5.74, 6) is -0.256. The summed E-state index contributed by atoms with van der Waals surface area (Å²) >= 11 is 12.7. The molecule has 8 nitrogen and oxygen atoms in total. The number of hydrogen-bond donors (Lipinski definition) is 1. The van der Waals surface area contributed by atoms with Crippen molar-refractivity contribution in [1.82, 2.24) is 10.2 Å². The van der Waals surface area contributed by atoms with Crippen molar-refractivity contribution in [2.24, 2.45) is 0 Å². The van der Waals surface area contributed by atoms with Crippen molar-refractivity contribution in [3.8, 4) is 5.75 Å². The van der Waals surface area contributed by atoms with E-state index in [9.17, 15) is 18.0 Å². The van der Waals surface area contributed by atoms with E-state index in [0.717, 1.165) is 9.87 Å². The second-order valence-corrected chi connectivity index (χ2v) is 12.2. The number of ether oxygens (including phenoxy) is 1. The molecule has 2 amide bonds. The fourth-order valence-electron chi connectivity index (χ4n) is 4.20. The van der Waals surface area contributed by atoms with Crippen LogP contribution >= 0.6 is 23.2 Å². The van der Waals surface area contributed by atoms with Crippen LogP contribution in [-0.4, -0.2) is 50.9 Å². The number of rotatable bonds is 13. The SMILES string of the molecule is CC[C@H](C)NC(=O)[C@H](CC)N(Cc1ccc(OC)cc1)C(=O)CN(c1cc(Cl)ccc1Cl)S(=O)(=O)c1ccccc1. The Balaban J connectivity index is 2.08. The normalized spacial score (nSPS) is 12.7. The fourth-order valence-corrected chi connectivity index (χ4v) is 6.08. The van der Waals surface area contributed by atoms with E-state index in [1.54, 1.807) is 49.6 Å². The molecule has 0 unspecified atom stereocenters. The van der Waals surface area contributed by atoms with E-state index >= 15 is 0 Å². The molecule has 11 heteroatoms. The molecule has 3 aromatic rings. The molecule has 0 aromatic heterocycles. The van der Waals surface area contributed by atoms with Gasteiger partial charge in [0.05, 0.1) is 22.7 Å². The van der Waals surface area contributed by atoms with Crippen molar-refractivity contribution in [3.63, 3.8) is 0 Å². The number of anilines is 1. The number of carbonyl (C=O) groups is 2. The van der Waals surface area contributed by atoms with Gasteiger partial charge in [-0.1, -0.05) is 67.4 Å². The molecule has 0 saturated heterocycles. The Bertz CT molecular complexity index is 1440. The molecule has 0 aliphatic rings. The van der Waals surface area contributed by atoms with Gasteiger partial charge in [0.25, 0.3) is 10.0 Å². The first-order valence-corrected chi connectivity index (χ1v) is 15.5. The monoisotopic (exact) mass is 619 g/mol. The summed E-state index contributed by atoms with van der Waals surface area (Å²) in [6.45, 7) is 5.10. The quantitative estimate of drug-likeness (QED) is 0.256. The lowest BCUT2D eigenvalue weighted by molar-refractivity contribution is -0.140. The van der Waals surface area contributed by atoms with Gasteiger partial charge in [0.2, 0.25) is 11.8 Å². The molecule has 3 rings (SSSR count). The third-order valence-electron chi connectivity index (χ3n) is 6.69. The molecule has 0 bridgehead atoms. The Kier molecular flexibility index (Phi) is 11.5. The Morgan fingerprint density at radius 1 is 0.951 bits per heavy atom. The lowest BCUT2D eigenvalue weighted by Gasteiger charge is -2.34. The summed E-state index contributed by atoms with van der Waals surface area (Å²) in [5, 5.41) is 3.31. The Morgan fingerprint density at radius 2 is 1.61 bits per heavy atom. The van der Waals surface area contributed by atoms with E-state index < -0.39 is 28.5 Å². The van der Waals surface area contributed by atoms with Crippen LogP contribution in [0.2, 0.25) is 10.0 Å². The minimum atomic E-state index is -4.25. The van der Waals surface area contributed by atoms with Crippen LogP contribution in [0.4, 0.5) is 5.69 Å². The van der Waals surface area contributed by atoms with Crippen LogP contribution in [0.3, 0.4) is 0 Å².